The Hall–Kier alpha value is -3.87. The van der Waals surface area contributed by atoms with E-state index in [-0.39, 0.29) is 50.6 Å². The monoisotopic (exact) mass is 553 g/mol. The van der Waals surface area contributed by atoms with Crippen molar-refractivity contribution in [3.8, 4) is 17.2 Å². The quantitative estimate of drug-likeness (QED) is 0.119. The number of hydrogen-bond acceptors (Lipinski definition) is 9. The molecule has 0 bridgehead atoms. The van der Waals surface area contributed by atoms with Gasteiger partial charge in [0.2, 0.25) is 5.91 Å². The number of hydrogen-bond donors (Lipinski definition) is 4. The van der Waals surface area contributed by atoms with Crippen LogP contribution < -0.4 is 14.2 Å². The standard InChI is InChI=1S/C29H35N3O8/c1-37-25-12-4-5-13-26(25)38-18-16-31(28(34)15-6-7-17-40-32(35)36)19-21(33)20-39-27-14-8-11-24-29(27)22-9-2-3-10-23(22)30-24/h2-5,8-14,21,30,33,35-36H,6-7,15-20H2,1H3. The van der Waals surface area contributed by atoms with Crippen molar-refractivity contribution in [3.63, 3.8) is 0 Å². The van der Waals surface area contributed by atoms with Crippen molar-refractivity contribution in [1.29, 1.82) is 0 Å². The zero-order valence-electron chi connectivity index (χ0n) is 22.4. The molecule has 1 amide bonds. The van der Waals surface area contributed by atoms with Gasteiger partial charge >= 0.3 is 0 Å². The fourth-order valence-electron chi connectivity index (χ4n) is 4.49. The zero-order chi connectivity index (χ0) is 28.3. The molecule has 0 fully saturated rings. The second-order valence-electron chi connectivity index (χ2n) is 9.20. The minimum atomic E-state index is -0.948. The first kappa shape index (κ1) is 29.1. The molecule has 0 aliphatic heterocycles. The third kappa shape index (κ3) is 7.84. The molecule has 0 saturated carbocycles. The molecule has 11 heteroatoms. The van der Waals surface area contributed by atoms with Crippen LogP contribution in [0.4, 0.5) is 0 Å². The number of amides is 1. The minimum absolute atomic E-state index is 0.00750. The van der Waals surface area contributed by atoms with Crippen molar-refractivity contribution in [3.05, 3.63) is 66.7 Å². The number of methoxy groups -OCH3 is 1. The van der Waals surface area contributed by atoms with Gasteiger partial charge in [-0.3, -0.25) is 20.0 Å². The highest BCUT2D eigenvalue weighted by Gasteiger charge is 2.19. The number of aliphatic hydroxyl groups is 1. The lowest BCUT2D eigenvalue weighted by molar-refractivity contribution is -0.492. The lowest BCUT2D eigenvalue weighted by Crippen LogP contribution is -2.41. The van der Waals surface area contributed by atoms with Gasteiger partial charge in [0.25, 0.3) is 0 Å². The molecular formula is C29H35N3O8. The van der Waals surface area contributed by atoms with Gasteiger partial charge in [0, 0.05) is 22.7 Å². The van der Waals surface area contributed by atoms with E-state index in [1.165, 1.54) is 0 Å². The van der Waals surface area contributed by atoms with Gasteiger partial charge in [-0.15, -0.1) is 0 Å². The van der Waals surface area contributed by atoms with E-state index < -0.39 is 6.10 Å². The van der Waals surface area contributed by atoms with Gasteiger partial charge in [-0.05, 0) is 43.2 Å². The van der Waals surface area contributed by atoms with Gasteiger partial charge < -0.3 is 29.2 Å². The van der Waals surface area contributed by atoms with Crippen LogP contribution >= 0.6 is 0 Å². The first-order valence-corrected chi connectivity index (χ1v) is 13.1. The summed E-state index contributed by atoms with van der Waals surface area (Å²) in [6.45, 7) is 0.528. The molecule has 0 radical (unpaired) electrons. The summed E-state index contributed by atoms with van der Waals surface area (Å²) in [5.74, 6) is 1.62. The first-order valence-electron chi connectivity index (χ1n) is 13.1. The summed E-state index contributed by atoms with van der Waals surface area (Å²) in [5.41, 5.74) is 1.94. The molecule has 40 heavy (non-hydrogen) atoms. The average Bonchev–Trinajstić information content (AvgIpc) is 3.34. The Morgan fingerprint density at radius 3 is 2.40 bits per heavy atom. The highest BCUT2D eigenvalue weighted by molar-refractivity contribution is 6.10. The fraction of sp³-hybridized carbons (Fsp3) is 0.345. The molecule has 4 N–H and O–H groups in total. The number of aromatic nitrogens is 1. The van der Waals surface area contributed by atoms with E-state index in [0.29, 0.717) is 30.1 Å². The van der Waals surface area contributed by atoms with E-state index in [1.54, 1.807) is 24.1 Å². The van der Waals surface area contributed by atoms with E-state index in [2.05, 4.69) is 9.82 Å². The van der Waals surface area contributed by atoms with Crippen LogP contribution in [0.5, 0.6) is 17.2 Å². The molecular weight excluding hydrogens is 518 g/mol. The number of carbonyl (C=O) groups is 1. The number of nitrogens with one attached hydrogen (secondary N) is 1. The largest absolute Gasteiger partial charge is 0.493 e. The molecule has 1 heterocycles. The Balaban J connectivity index is 1.37. The molecule has 0 spiro atoms. The molecule has 4 rings (SSSR count). The Bertz CT molecular complexity index is 1380. The molecule has 0 aliphatic rings. The molecule has 1 unspecified atom stereocenters. The number of rotatable bonds is 16. The molecule has 1 atom stereocenters. The summed E-state index contributed by atoms with van der Waals surface area (Å²) in [4.78, 5) is 22.5. The van der Waals surface area contributed by atoms with Gasteiger partial charge in [-0.1, -0.05) is 36.4 Å². The molecule has 0 saturated heterocycles. The van der Waals surface area contributed by atoms with Crippen molar-refractivity contribution >= 4 is 27.7 Å². The maximum absolute atomic E-state index is 13.0. The first-order chi connectivity index (χ1) is 19.5. The maximum atomic E-state index is 13.0. The van der Waals surface area contributed by atoms with Crippen LogP contribution in [0.2, 0.25) is 0 Å². The number of aliphatic hydroxyl groups excluding tert-OH is 1. The summed E-state index contributed by atoms with van der Waals surface area (Å²) in [5, 5.41) is 29.8. The molecule has 1 aromatic heterocycles. The molecule has 11 nitrogen and oxygen atoms in total. The number of unbranched alkanes of at least 4 members (excludes halogenated alkanes) is 1. The van der Waals surface area contributed by atoms with E-state index in [0.717, 1.165) is 21.8 Å². The SMILES string of the molecule is COc1ccccc1OCCN(CC(O)COc1cccc2[nH]c3ccccc3c12)C(=O)CCCCON(O)O. The summed E-state index contributed by atoms with van der Waals surface area (Å²) < 4.78 is 17.2. The number of nitrogens with zero attached hydrogens (tertiary/aromatic N) is 2. The Morgan fingerprint density at radius 1 is 0.875 bits per heavy atom. The molecule has 3 aromatic carbocycles. The third-order valence-corrected chi connectivity index (χ3v) is 6.39. The lowest BCUT2D eigenvalue weighted by atomic mass is 10.1. The number of benzene rings is 3. The number of fused-ring (bicyclic) bond motifs is 3. The highest BCUT2D eigenvalue weighted by Crippen LogP contribution is 2.33. The Morgan fingerprint density at radius 2 is 1.60 bits per heavy atom. The Labute approximate surface area is 231 Å². The second kappa shape index (κ2) is 14.5. The van der Waals surface area contributed by atoms with E-state index in [1.807, 2.05) is 54.6 Å². The number of carbonyl (C=O) groups excluding carboxylic acids is 1. The van der Waals surface area contributed by atoms with Crippen LogP contribution in [0, 0.1) is 0 Å². The maximum Gasteiger partial charge on any atom is 0.222 e. The van der Waals surface area contributed by atoms with Crippen molar-refractivity contribution < 1.29 is 39.4 Å². The summed E-state index contributed by atoms with van der Waals surface area (Å²) in [6, 6.07) is 20.9. The summed E-state index contributed by atoms with van der Waals surface area (Å²) in [7, 11) is 1.56. The van der Waals surface area contributed by atoms with Crippen molar-refractivity contribution in [2.24, 2.45) is 0 Å². The smallest absolute Gasteiger partial charge is 0.222 e. The number of aromatic amines is 1. The van der Waals surface area contributed by atoms with Gasteiger partial charge in [-0.2, -0.15) is 0 Å². The highest BCUT2D eigenvalue weighted by atomic mass is 17.1. The minimum Gasteiger partial charge on any atom is -0.493 e. The van der Waals surface area contributed by atoms with E-state index in [4.69, 9.17) is 24.6 Å². The van der Waals surface area contributed by atoms with Gasteiger partial charge in [-0.25, -0.2) is 0 Å². The van der Waals surface area contributed by atoms with Crippen LogP contribution in [0.15, 0.2) is 66.7 Å². The van der Waals surface area contributed by atoms with Crippen molar-refractivity contribution in [2.45, 2.75) is 25.4 Å². The van der Waals surface area contributed by atoms with Gasteiger partial charge in [0.1, 0.15) is 25.1 Å². The van der Waals surface area contributed by atoms with Crippen LogP contribution in [0.25, 0.3) is 21.8 Å². The van der Waals surface area contributed by atoms with Crippen LogP contribution in [-0.2, 0) is 9.63 Å². The summed E-state index contributed by atoms with van der Waals surface area (Å²) >= 11 is 0. The van der Waals surface area contributed by atoms with E-state index >= 15 is 0 Å². The van der Waals surface area contributed by atoms with E-state index in [9.17, 15) is 9.90 Å². The second-order valence-corrected chi connectivity index (χ2v) is 9.20. The van der Waals surface area contributed by atoms with Crippen LogP contribution in [-0.4, -0.2) is 82.8 Å². The molecule has 214 valence electrons. The van der Waals surface area contributed by atoms with Crippen molar-refractivity contribution in [2.75, 3.05) is 40.0 Å². The fourth-order valence-corrected chi connectivity index (χ4v) is 4.49. The molecule has 0 aliphatic carbocycles. The number of ether oxygens (including phenoxy) is 3. The normalized spacial score (nSPS) is 12.1. The summed E-state index contributed by atoms with van der Waals surface area (Å²) in [6.07, 6.45) is 0.147. The molecule has 4 aromatic rings. The topological polar surface area (TPSA) is 137 Å². The predicted molar refractivity (Wildman–Crippen MR) is 148 cm³/mol. The van der Waals surface area contributed by atoms with Gasteiger partial charge in [0.05, 0.1) is 37.7 Å². The average molecular weight is 554 g/mol. The van der Waals surface area contributed by atoms with Gasteiger partial charge in [0.15, 0.2) is 11.5 Å². The number of para-hydroxylation sites is 3. The Kier molecular flexibility index (Phi) is 10.6. The number of H-pyrrole nitrogens is 1. The van der Waals surface area contributed by atoms with Crippen LogP contribution in [0.1, 0.15) is 19.3 Å². The lowest BCUT2D eigenvalue weighted by Gasteiger charge is -2.26. The van der Waals surface area contributed by atoms with Crippen molar-refractivity contribution in [1.82, 2.24) is 15.3 Å². The predicted octanol–water partition coefficient (Wildman–Crippen LogP) is 4.16. The zero-order valence-corrected chi connectivity index (χ0v) is 22.4. The van der Waals surface area contributed by atoms with Crippen LogP contribution in [0.3, 0.4) is 0 Å². The third-order valence-electron chi connectivity index (χ3n) is 6.39.